The largest absolute Gasteiger partial charge is 0.443 e. The molecule has 0 bridgehead atoms. The van der Waals surface area contributed by atoms with Crippen LogP contribution in [-0.4, -0.2) is 24.3 Å². The molecular formula is C19H28N2O2. The summed E-state index contributed by atoms with van der Waals surface area (Å²) < 4.78 is 5.50. The molecule has 4 nitrogen and oxygen atoms in total. The van der Waals surface area contributed by atoms with Gasteiger partial charge in [0.2, 0.25) is 0 Å². The summed E-state index contributed by atoms with van der Waals surface area (Å²) in [6.45, 7) is 11.0. The van der Waals surface area contributed by atoms with Crippen molar-refractivity contribution in [3.05, 3.63) is 23.8 Å². The Morgan fingerprint density at radius 1 is 1.35 bits per heavy atom. The smallest absolute Gasteiger partial charge is 0.414 e. The van der Waals surface area contributed by atoms with Gasteiger partial charge in [0.05, 0.1) is 5.69 Å². The predicted molar refractivity (Wildman–Crippen MR) is 94.2 cm³/mol. The molecule has 3 rings (SSSR count). The lowest BCUT2D eigenvalue weighted by Gasteiger charge is -2.25. The van der Waals surface area contributed by atoms with Gasteiger partial charge in [-0.15, -0.1) is 0 Å². The number of nitrogens with one attached hydrogen (secondary N) is 1. The Morgan fingerprint density at radius 2 is 2.04 bits per heavy atom. The molecule has 2 aliphatic rings. The Morgan fingerprint density at radius 3 is 2.65 bits per heavy atom. The molecular weight excluding hydrogens is 288 g/mol. The van der Waals surface area contributed by atoms with E-state index in [1.54, 1.807) is 4.90 Å². The van der Waals surface area contributed by atoms with Crippen molar-refractivity contribution in [1.82, 2.24) is 0 Å². The molecule has 1 aromatic carbocycles. The minimum Gasteiger partial charge on any atom is -0.443 e. The van der Waals surface area contributed by atoms with Gasteiger partial charge in [-0.3, -0.25) is 4.90 Å². The van der Waals surface area contributed by atoms with Gasteiger partial charge in [0.25, 0.3) is 0 Å². The Bertz CT molecular complexity index is 614. The lowest BCUT2D eigenvalue weighted by molar-refractivity contribution is 0.0584. The number of carbonyl (C=O) groups is 1. The molecule has 1 aliphatic carbocycles. The van der Waals surface area contributed by atoms with Crippen LogP contribution in [0, 0.1) is 5.41 Å². The Labute approximate surface area is 139 Å². The van der Waals surface area contributed by atoms with Crippen molar-refractivity contribution >= 4 is 17.5 Å². The number of ether oxygens (including phenoxy) is 1. The first-order valence-corrected chi connectivity index (χ1v) is 8.58. The van der Waals surface area contributed by atoms with Gasteiger partial charge in [-0.25, -0.2) is 4.79 Å². The predicted octanol–water partition coefficient (Wildman–Crippen LogP) is 4.58. The highest BCUT2D eigenvalue weighted by atomic mass is 16.6. The summed E-state index contributed by atoms with van der Waals surface area (Å²) >= 11 is 0. The third kappa shape index (κ3) is 3.46. The van der Waals surface area contributed by atoms with E-state index in [0.29, 0.717) is 18.0 Å². The van der Waals surface area contributed by atoms with Crippen LogP contribution in [0.25, 0.3) is 0 Å². The zero-order chi connectivity index (χ0) is 16.8. The normalized spacial score (nSPS) is 20.0. The maximum absolute atomic E-state index is 12.3. The Balaban J connectivity index is 1.71. The second-order valence-electron chi connectivity index (χ2n) is 8.25. The number of nitrogens with zero attached hydrogens (tertiary/aromatic N) is 1. The molecule has 1 fully saturated rings. The number of benzene rings is 1. The Hall–Kier alpha value is -1.71. The van der Waals surface area contributed by atoms with Gasteiger partial charge in [0.15, 0.2) is 0 Å². The molecule has 1 atom stereocenters. The van der Waals surface area contributed by atoms with Gasteiger partial charge < -0.3 is 10.1 Å². The van der Waals surface area contributed by atoms with Crippen LogP contribution >= 0.6 is 0 Å². The molecule has 126 valence electrons. The lowest BCUT2D eigenvalue weighted by atomic mass is 10.0. The molecule has 0 saturated heterocycles. The summed E-state index contributed by atoms with van der Waals surface area (Å²) in [5.41, 5.74) is 3.33. The van der Waals surface area contributed by atoms with E-state index in [9.17, 15) is 4.79 Å². The second-order valence-corrected chi connectivity index (χ2v) is 8.25. The molecule has 1 aliphatic heterocycles. The van der Waals surface area contributed by atoms with E-state index >= 15 is 0 Å². The molecule has 1 heterocycles. The number of carbonyl (C=O) groups excluding carboxylic acids is 1. The van der Waals surface area contributed by atoms with Crippen LogP contribution in [0.1, 0.15) is 53.0 Å². The monoisotopic (exact) mass is 316 g/mol. The SMILES string of the molecule is CC(Nc1ccc2c(c1)CCN2C(=O)OC(C)(C)C)C1(C)CC1. The first-order chi connectivity index (χ1) is 10.7. The fraction of sp³-hybridized carbons (Fsp3) is 0.632. The molecule has 1 amide bonds. The van der Waals surface area contributed by atoms with E-state index in [1.165, 1.54) is 18.4 Å². The van der Waals surface area contributed by atoms with E-state index in [2.05, 4.69) is 31.3 Å². The number of hydrogen-bond acceptors (Lipinski definition) is 3. The summed E-state index contributed by atoms with van der Waals surface area (Å²) in [6, 6.07) is 6.77. The van der Waals surface area contributed by atoms with Crippen LogP contribution < -0.4 is 10.2 Å². The number of fused-ring (bicyclic) bond motifs is 1. The van der Waals surface area contributed by atoms with Gasteiger partial charge in [-0.2, -0.15) is 0 Å². The summed E-state index contributed by atoms with van der Waals surface area (Å²) in [5, 5.41) is 3.62. The van der Waals surface area contributed by atoms with Crippen molar-refractivity contribution in [1.29, 1.82) is 0 Å². The zero-order valence-corrected chi connectivity index (χ0v) is 14.9. The third-order valence-electron chi connectivity index (χ3n) is 5.06. The van der Waals surface area contributed by atoms with Crippen molar-refractivity contribution in [2.45, 2.75) is 65.5 Å². The molecule has 1 saturated carbocycles. The topological polar surface area (TPSA) is 41.6 Å². The number of amides is 1. The van der Waals surface area contributed by atoms with E-state index in [-0.39, 0.29) is 6.09 Å². The fourth-order valence-corrected chi connectivity index (χ4v) is 3.05. The number of rotatable bonds is 3. The van der Waals surface area contributed by atoms with Crippen LogP contribution in [0.5, 0.6) is 0 Å². The van der Waals surface area contributed by atoms with Gasteiger partial charge >= 0.3 is 6.09 Å². The molecule has 0 radical (unpaired) electrons. The van der Waals surface area contributed by atoms with Crippen molar-refractivity contribution in [2.24, 2.45) is 5.41 Å². The fourth-order valence-electron chi connectivity index (χ4n) is 3.05. The molecule has 1 aromatic rings. The van der Waals surface area contributed by atoms with Crippen LogP contribution in [0.3, 0.4) is 0 Å². The first-order valence-electron chi connectivity index (χ1n) is 8.58. The molecule has 1 unspecified atom stereocenters. The Kier molecular flexibility index (Phi) is 3.81. The van der Waals surface area contributed by atoms with Crippen molar-refractivity contribution in [3.8, 4) is 0 Å². The van der Waals surface area contributed by atoms with Gasteiger partial charge in [-0.1, -0.05) is 6.92 Å². The van der Waals surface area contributed by atoms with Crippen molar-refractivity contribution < 1.29 is 9.53 Å². The first kappa shape index (κ1) is 16.2. The summed E-state index contributed by atoms with van der Waals surface area (Å²) in [4.78, 5) is 14.1. The highest BCUT2D eigenvalue weighted by Crippen LogP contribution is 2.49. The minimum atomic E-state index is -0.462. The molecule has 4 heteroatoms. The highest BCUT2D eigenvalue weighted by Gasteiger charge is 2.42. The van der Waals surface area contributed by atoms with Gasteiger partial charge in [0.1, 0.15) is 5.60 Å². The summed E-state index contributed by atoms with van der Waals surface area (Å²) in [5.74, 6) is 0. The van der Waals surface area contributed by atoms with Gasteiger partial charge in [0, 0.05) is 18.3 Å². The third-order valence-corrected chi connectivity index (χ3v) is 5.06. The molecule has 1 N–H and O–H groups in total. The number of hydrogen-bond donors (Lipinski definition) is 1. The van der Waals surface area contributed by atoms with E-state index in [0.717, 1.165) is 17.8 Å². The van der Waals surface area contributed by atoms with E-state index in [1.807, 2.05) is 26.8 Å². The minimum absolute atomic E-state index is 0.254. The van der Waals surface area contributed by atoms with Crippen molar-refractivity contribution in [2.75, 3.05) is 16.8 Å². The zero-order valence-electron chi connectivity index (χ0n) is 14.9. The van der Waals surface area contributed by atoms with Crippen LogP contribution in [0.15, 0.2) is 18.2 Å². The average molecular weight is 316 g/mol. The van der Waals surface area contributed by atoms with E-state index < -0.39 is 5.60 Å². The summed E-state index contributed by atoms with van der Waals surface area (Å²) in [7, 11) is 0. The number of anilines is 2. The van der Waals surface area contributed by atoms with Crippen LogP contribution in [-0.2, 0) is 11.2 Å². The van der Waals surface area contributed by atoms with Gasteiger partial charge in [-0.05, 0) is 76.1 Å². The second kappa shape index (κ2) is 5.43. The molecule has 0 spiro atoms. The van der Waals surface area contributed by atoms with Crippen molar-refractivity contribution in [3.63, 3.8) is 0 Å². The quantitative estimate of drug-likeness (QED) is 0.887. The highest BCUT2D eigenvalue weighted by molar-refractivity contribution is 5.91. The summed E-state index contributed by atoms with van der Waals surface area (Å²) in [6.07, 6.45) is 3.24. The average Bonchev–Trinajstić information content (AvgIpc) is 3.05. The maximum atomic E-state index is 12.3. The van der Waals surface area contributed by atoms with Crippen LogP contribution in [0.4, 0.5) is 16.2 Å². The standard InChI is InChI=1S/C19H28N2O2/c1-13(19(5)9-10-19)20-15-6-7-16-14(12-15)8-11-21(16)17(22)23-18(2,3)4/h6-7,12-13,20H,8-11H2,1-5H3. The molecule has 23 heavy (non-hydrogen) atoms. The van der Waals surface area contributed by atoms with E-state index in [4.69, 9.17) is 4.74 Å². The molecule has 0 aromatic heterocycles. The lowest BCUT2D eigenvalue weighted by Crippen LogP contribution is -2.35. The van der Waals surface area contributed by atoms with Crippen LogP contribution in [0.2, 0.25) is 0 Å². The maximum Gasteiger partial charge on any atom is 0.414 e.